The summed E-state index contributed by atoms with van der Waals surface area (Å²) < 4.78 is 25.0. The SMILES string of the molecule is Fc1cc(OC2CCOC2)ccc1N1CCCC1. The average Bonchev–Trinajstić information content (AvgIpc) is 3.01. The second-order valence-corrected chi connectivity index (χ2v) is 4.91. The zero-order valence-electron chi connectivity index (χ0n) is 10.4. The highest BCUT2D eigenvalue weighted by Crippen LogP contribution is 2.28. The second kappa shape index (κ2) is 5.14. The maximum Gasteiger partial charge on any atom is 0.150 e. The van der Waals surface area contributed by atoms with Gasteiger partial charge in [-0.05, 0) is 25.0 Å². The van der Waals surface area contributed by atoms with Gasteiger partial charge in [0.2, 0.25) is 0 Å². The van der Waals surface area contributed by atoms with Crippen molar-refractivity contribution in [3.63, 3.8) is 0 Å². The van der Waals surface area contributed by atoms with Gasteiger partial charge in [0.1, 0.15) is 17.7 Å². The first-order valence-electron chi connectivity index (χ1n) is 6.62. The van der Waals surface area contributed by atoms with E-state index in [1.807, 2.05) is 12.1 Å². The molecular weight excluding hydrogens is 233 g/mol. The molecule has 2 aliphatic heterocycles. The molecule has 2 aliphatic rings. The Morgan fingerprint density at radius 3 is 2.78 bits per heavy atom. The number of hydrogen-bond acceptors (Lipinski definition) is 3. The molecule has 3 nitrogen and oxygen atoms in total. The molecule has 0 saturated carbocycles. The van der Waals surface area contributed by atoms with Gasteiger partial charge < -0.3 is 14.4 Å². The minimum Gasteiger partial charge on any atom is -0.488 e. The lowest BCUT2D eigenvalue weighted by molar-refractivity contribution is 0.141. The number of hydrogen-bond donors (Lipinski definition) is 0. The summed E-state index contributed by atoms with van der Waals surface area (Å²) in [4.78, 5) is 2.10. The third kappa shape index (κ3) is 2.43. The monoisotopic (exact) mass is 251 g/mol. The molecule has 0 spiro atoms. The van der Waals surface area contributed by atoms with Crippen molar-refractivity contribution >= 4 is 5.69 Å². The Morgan fingerprint density at radius 2 is 2.11 bits per heavy atom. The van der Waals surface area contributed by atoms with E-state index in [2.05, 4.69) is 4.90 Å². The van der Waals surface area contributed by atoms with Gasteiger partial charge in [-0.15, -0.1) is 0 Å². The summed E-state index contributed by atoms with van der Waals surface area (Å²) in [5.41, 5.74) is 0.697. The second-order valence-electron chi connectivity index (χ2n) is 4.91. The third-order valence-corrected chi connectivity index (χ3v) is 3.56. The number of anilines is 1. The van der Waals surface area contributed by atoms with Crippen molar-refractivity contribution in [2.75, 3.05) is 31.2 Å². The topological polar surface area (TPSA) is 21.7 Å². The maximum atomic E-state index is 14.0. The van der Waals surface area contributed by atoms with E-state index in [0.717, 1.165) is 39.0 Å². The van der Waals surface area contributed by atoms with Crippen LogP contribution in [0, 0.1) is 5.82 Å². The Hall–Kier alpha value is -1.29. The van der Waals surface area contributed by atoms with Gasteiger partial charge in [0.15, 0.2) is 0 Å². The zero-order chi connectivity index (χ0) is 12.4. The molecule has 0 amide bonds. The summed E-state index contributed by atoms with van der Waals surface area (Å²) in [5.74, 6) is 0.416. The molecule has 1 unspecified atom stereocenters. The van der Waals surface area contributed by atoms with Crippen LogP contribution in [-0.2, 0) is 4.74 Å². The van der Waals surface area contributed by atoms with Crippen LogP contribution in [-0.4, -0.2) is 32.4 Å². The summed E-state index contributed by atoms with van der Waals surface area (Å²) in [5, 5.41) is 0. The molecule has 3 rings (SSSR count). The molecule has 1 atom stereocenters. The van der Waals surface area contributed by atoms with Gasteiger partial charge in [0.25, 0.3) is 0 Å². The summed E-state index contributed by atoms with van der Waals surface area (Å²) in [7, 11) is 0. The van der Waals surface area contributed by atoms with Gasteiger partial charge in [0.05, 0.1) is 18.9 Å². The normalized spacial score (nSPS) is 23.6. The van der Waals surface area contributed by atoms with Gasteiger partial charge in [-0.1, -0.05) is 0 Å². The van der Waals surface area contributed by atoms with Crippen LogP contribution in [0.5, 0.6) is 5.75 Å². The Labute approximate surface area is 106 Å². The molecule has 1 aromatic rings. The molecule has 0 radical (unpaired) electrons. The first kappa shape index (κ1) is 11.8. The molecule has 0 bridgehead atoms. The highest BCUT2D eigenvalue weighted by molar-refractivity contribution is 5.51. The highest BCUT2D eigenvalue weighted by Gasteiger charge is 2.19. The Balaban J connectivity index is 1.71. The molecule has 0 aliphatic carbocycles. The molecule has 18 heavy (non-hydrogen) atoms. The van der Waals surface area contributed by atoms with E-state index in [-0.39, 0.29) is 11.9 Å². The van der Waals surface area contributed by atoms with Crippen molar-refractivity contribution < 1.29 is 13.9 Å². The smallest absolute Gasteiger partial charge is 0.150 e. The van der Waals surface area contributed by atoms with Crippen molar-refractivity contribution in [3.8, 4) is 5.75 Å². The molecule has 2 heterocycles. The van der Waals surface area contributed by atoms with Crippen LogP contribution in [0.4, 0.5) is 10.1 Å². The number of nitrogens with zero attached hydrogens (tertiary/aromatic N) is 1. The van der Waals surface area contributed by atoms with E-state index in [4.69, 9.17) is 9.47 Å². The standard InChI is InChI=1S/C14H18FNO2/c15-13-9-11(18-12-5-8-17-10-12)3-4-14(13)16-6-1-2-7-16/h3-4,9,12H,1-2,5-8,10H2. The molecule has 4 heteroatoms. The van der Waals surface area contributed by atoms with E-state index >= 15 is 0 Å². The minimum atomic E-state index is -0.187. The number of benzene rings is 1. The van der Waals surface area contributed by atoms with Crippen LogP contribution >= 0.6 is 0 Å². The van der Waals surface area contributed by atoms with E-state index in [1.165, 1.54) is 6.07 Å². The Morgan fingerprint density at radius 1 is 1.28 bits per heavy atom. The van der Waals surface area contributed by atoms with E-state index in [9.17, 15) is 4.39 Å². The largest absolute Gasteiger partial charge is 0.488 e. The fraction of sp³-hybridized carbons (Fsp3) is 0.571. The highest BCUT2D eigenvalue weighted by atomic mass is 19.1. The van der Waals surface area contributed by atoms with Crippen molar-refractivity contribution in [1.29, 1.82) is 0 Å². The summed E-state index contributed by atoms with van der Waals surface area (Å²) >= 11 is 0. The van der Waals surface area contributed by atoms with Crippen molar-refractivity contribution in [2.24, 2.45) is 0 Å². The molecule has 2 fully saturated rings. The van der Waals surface area contributed by atoms with Crippen molar-refractivity contribution in [3.05, 3.63) is 24.0 Å². The predicted octanol–water partition coefficient (Wildman–Crippen LogP) is 2.59. The summed E-state index contributed by atoms with van der Waals surface area (Å²) in [6.07, 6.45) is 3.26. The molecule has 0 aromatic heterocycles. The van der Waals surface area contributed by atoms with Gasteiger partial charge >= 0.3 is 0 Å². The number of rotatable bonds is 3. The molecule has 2 saturated heterocycles. The maximum absolute atomic E-state index is 14.0. The average molecular weight is 251 g/mol. The van der Waals surface area contributed by atoms with Gasteiger partial charge in [0, 0.05) is 25.6 Å². The van der Waals surface area contributed by atoms with Crippen LogP contribution in [0.3, 0.4) is 0 Å². The van der Waals surface area contributed by atoms with Gasteiger partial charge in [-0.25, -0.2) is 4.39 Å². The number of halogens is 1. The Kier molecular flexibility index (Phi) is 3.37. The summed E-state index contributed by atoms with van der Waals surface area (Å²) in [6, 6.07) is 5.17. The van der Waals surface area contributed by atoms with E-state index in [0.29, 0.717) is 18.0 Å². The molecule has 1 aromatic carbocycles. The molecule has 98 valence electrons. The molecular formula is C14H18FNO2. The van der Waals surface area contributed by atoms with E-state index in [1.54, 1.807) is 0 Å². The van der Waals surface area contributed by atoms with Crippen LogP contribution in [0.15, 0.2) is 18.2 Å². The first-order valence-corrected chi connectivity index (χ1v) is 6.62. The van der Waals surface area contributed by atoms with Crippen molar-refractivity contribution in [1.82, 2.24) is 0 Å². The Bertz CT molecular complexity index is 412. The third-order valence-electron chi connectivity index (χ3n) is 3.56. The first-order chi connectivity index (χ1) is 8.83. The lowest BCUT2D eigenvalue weighted by atomic mass is 10.2. The lowest BCUT2D eigenvalue weighted by Gasteiger charge is -2.19. The fourth-order valence-corrected chi connectivity index (χ4v) is 2.57. The van der Waals surface area contributed by atoms with Crippen LogP contribution in [0.1, 0.15) is 19.3 Å². The van der Waals surface area contributed by atoms with Gasteiger partial charge in [-0.3, -0.25) is 0 Å². The summed E-state index contributed by atoms with van der Waals surface area (Å²) in [6.45, 7) is 3.25. The van der Waals surface area contributed by atoms with Crippen molar-refractivity contribution in [2.45, 2.75) is 25.4 Å². The minimum absolute atomic E-state index is 0.0713. The van der Waals surface area contributed by atoms with Crippen LogP contribution < -0.4 is 9.64 Å². The van der Waals surface area contributed by atoms with Crippen LogP contribution in [0.2, 0.25) is 0 Å². The lowest BCUT2D eigenvalue weighted by Crippen LogP contribution is -2.19. The molecule has 0 N–H and O–H groups in total. The quantitative estimate of drug-likeness (QED) is 0.824. The van der Waals surface area contributed by atoms with Crippen LogP contribution in [0.25, 0.3) is 0 Å². The zero-order valence-corrected chi connectivity index (χ0v) is 10.4. The van der Waals surface area contributed by atoms with E-state index < -0.39 is 0 Å². The van der Waals surface area contributed by atoms with Gasteiger partial charge in [-0.2, -0.15) is 0 Å². The number of ether oxygens (including phenoxy) is 2. The predicted molar refractivity (Wildman–Crippen MR) is 67.7 cm³/mol. The fourth-order valence-electron chi connectivity index (χ4n) is 2.57.